The smallest absolute Gasteiger partial charge is 0.240 e. The Hall–Kier alpha value is -1.91. The fourth-order valence-electron chi connectivity index (χ4n) is 2.73. The number of nitrogens with zero attached hydrogens (tertiary/aromatic N) is 2. The molecule has 1 saturated heterocycles. The molecule has 1 aromatic rings. The van der Waals surface area contributed by atoms with Gasteiger partial charge in [-0.3, -0.25) is 14.6 Å². The predicted molar refractivity (Wildman–Crippen MR) is 85.0 cm³/mol. The van der Waals surface area contributed by atoms with Crippen LogP contribution >= 0.6 is 0 Å². The first-order valence-electron chi connectivity index (χ1n) is 7.82. The average molecular weight is 303 g/mol. The highest BCUT2D eigenvalue weighted by atomic mass is 16.2. The molecule has 1 fully saturated rings. The van der Waals surface area contributed by atoms with E-state index in [4.69, 9.17) is 0 Å². The Morgan fingerprint density at radius 1 is 1.45 bits per heavy atom. The van der Waals surface area contributed by atoms with Crippen molar-refractivity contribution in [3.63, 3.8) is 0 Å². The lowest BCUT2D eigenvalue weighted by molar-refractivity contribution is -0.133. The van der Waals surface area contributed by atoms with E-state index in [9.17, 15) is 9.59 Å². The molecule has 0 saturated carbocycles. The van der Waals surface area contributed by atoms with E-state index >= 15 is 0 Å². The fraction of sp³-hybridized carbons (Fsp3) is 0.588. The summed E-state index contributed by atoms with van der Waals surface area (Å²) in [5.74, 6) is -0.0303. The van der Waals surface area contributed by atoms with Crippen molar-refractivity contribution in [1.82, 2.24) is 15.2 Å². The Morgan fingerprint density at radius 3 is 2.77 bits per heavy atom. The molecule has 2 rings (SSSR count). The van der Waals surface area contributed by atoms with Gasteiger partial charge in [-0.2, -0.15) is 0 Å². The maximum atomic E-state index is 12.3. The van der Waals surface area contributed by atoms with Crippen LogP contribution in [0.15, 0.2) is 24.5 Å². The Kier molecular flexibility index (Phi) is 5.16. The van der Waals surface area contributed by atoms with Crippen molar-refractivity contribution >= 4 is 11.8 Å². The standard InChI is InChI=1S/C17H25N3O2/c1-17(2,3)10-14(13-6-4-8-18-11-13)19-15(21)12-20-9-5-7-16(20)22/h4,6,8,11,14H,5,7,9-10,12H2,1-3H3,(H,19,21)/t14-/m0/s1. The van der Waals surface area contributed by atoms with E-state index in [0.29, 0.717) is 13.0 Å². The van der Waals surface area contributed by atoms with Gasteiger partial charge in [0, 0.05) is 25.4 Å². The van der Waals surface area contributed by atoms with Crippen LogP contribution in [-0.2, 0) is 9.59 Å². The van der Waals surface area contributed by atoms with Crippen molar-refractivity contribution in [2.24, 2.45) is 5.41 Å². The highest BCUT2D eigenvalue weighted by molar-refractivity contribution is 5.86. The third-order valence-electron chi connectivity index (χ3n) is 3.74. The van der Waals surface area contributed by atoms with Crippen molar-refractivity contribution in [2.45, 2.75) is 46.1 Å². The monoisotopic (exact) mass is 303 g/mol. The van der Waals surface area contributed by atoms with Gasteiger partial charge in [-0.25, -0.2) is 0 Å². The highest BCUT2D eigenvalue weighted by Gasteiger charge is 2.26. The minimum absolute atomic E-state index is 0.0731. The predicted octanol–water partition coefficient (Wildman–Crippen LogP) is 2.30. The number of aromatic nitrogens is 1. The van der Waals surface area contributed by atoms with Crippen molar-refractivity contribution in [3.05, 3.63) is 30.1 Å². The van der Waals surface area contributed by atoms with Crippen LogP contribution in [0.25, 0.3) is 0 Å². The molecular weight excluding hydrogens is 278 g/mol. The second-order valence-corrected chi connectivity index (χ2v) is 7.09. The number of rotatable bonds is 5. The molecule has 0 spiro atoms. The quantitative estimate of drug-likeness (QED) is 0.908. The Morgan fingerprint density at radius 2 is 2.23 bits per heavy atom. The largest absolute Gasteiger partial charge is 0.348 e. The van der Waals surface area contributed by atoms with Crippen LogP contribution < -0.4 is 5.32 Å². The van der Waals surface area contributed by atoms with E-state index in [1.54, 1.807) is 17.3 Å². The van der Waals surface area contributed by atoms with E-state index in [1.807, 2.05) is 12.1 Å². The second kappa shape index (κ2) is 6.90. The molecule has 1 aliphatic rings. The summed E-state index contributed by atoms with van der Waals surface area (Å²) >= 11 is 0. The number of carbonyl (C=O) groups is 2. The molecule has 0 unspecified atom stereocenters. The van der Waals surface area contributed by atoms with Crippen molar-refractivity contribution < 1.29 is 9.59 Å². The SMILES string of the molecule is CC(C)(C)C[C@H](NC(=O)CN1CCCC1=O)c1cccnc1. The lowest BCUT2D eigenvalue weighted by Gasteiger charge is -2.27. The molecule has 5 heteroatoms. The van der Waals surface area contributed by atoms with Gasteiger partial charge >= 0.3 is 0 Å². The Labute approximate surface area is 132 Å². The van der Waals surface area contributed by atoms with Crippen LogP contribution in [0.2, 0.25) is 0 Å². The number of hydrogen-bond donors (Lipinski definition) is 1. The number of amides is 2. The van der Waals surface area contributed by atoms with Crippen molar-refractivity contribution in [3.8, 4) is 0 Å². The second-order valence-electron chi connectivity index (χ2n) is 7.09. The van der Waals surface area contributed by atoms with Gasteiger partial charge in [0.2, 0.25) is 11.8 Å². The van der Waals surface area contributed by atoms with Gasteiger partial charge in [-0.15, -0.1) is 0 Å². The summed E-state index contributed by atoms with van der Waals surface area (Å²) in [6.45, 7) is 7.27. The maximum Gasteiger partial charge on any atom is 0.240 e. The fourth-order valence-corrected chi connectivity index (χ4v) is 2.73. The molecule has 0 radical (unpaired) electrons. The third kappa shape index (κ3) is 4.83. The number of pyridine rings is 1. The van der Waals surface area contributed by atoms with E-state index in [0.717, 1.165) is 18.4 Å². The Balaban J connectivity index is 2.02. The van der Waals surface area contributed by atoms with Crippen LogP contribution in [0.5, 0.6) is 0 Å². The summed E-state index contributed by atoms with van der Waals surface area (Å²) in [6.07, 6.45) is 5.74. The summed E-state index contributed by atoms with van der Waals surface area (Å²) in [7, 11) is 0. The normalized spacial score (nSPS) is 16.7. The number of hydrogen-bond acceptors (Lipinski definition) is 3. The average Bonchev–Trinajstić information content (AvgIpc) is 2.83. The molecule has 0 aliphatic carbocycles. The molecule has 2 amide bonds. The first-order valence-corrected chi connectivity index (χ1v) is 7.82. The van der Waals surface area contributed by atoms with Gasteiger partial charge in [0.05, 0.1) is 12.6 Å². The lowest BCUT2D eigenvalue weighted by atomic mass is 9.86. The van der Waals surface area contributed by atoms with E-state index < -0.39 is 0 Å². The number of carbonyl (C=O) groups excluding carboxylic acids is 2. The molecule has 1 N–H and O–H groups in total. The van der Waals surface area contributed by atoms with E-state index in [2.05, 4.69) is 31.1 Å². The van der Waals surface area contributed by atoms with Gasteiger partial charge in [0.15, 0.2) is 0 Å². The molecule has 0 aromatic carbocycles. The summed E-state index contributed by atoms with van der Waals surface area (Å²) < 4.78 is 0. The highest BCUT2D eigenvalue weighted by Crippen LogP contribution is 2.29. The zero-order chi connectivity index (χ0) is 16.2. The summed E-state index contributed by atoms with van der Waals surface area (Å²) in [5.41, 5.74) is 1.08. The van der Waals surface area contributed by atoms with Crippen molar-refractivity contribution in [2.75, 3.05) is 13.1 Å². The van der Waals surface area contributed by atoms with Crippen LogP contribution in [-0.4, -0.2) is 34.8 Å². The van der Waals surface area contributed by atoms with Crippen LogP contribution in [0, 0.1) is 5.41 Å². The van der Waals surface area contributed by atoms with Gasteiger partial charge in [-0.05, 0) is 29.9 Å². The van der Waals surface area contributed by atoms with Crippen LogP contribution in [0.3, 0.4) is 0 Å². The van der Waals surface area contributed by atoms with Crippen LogP contribution in [0.1, 0.15) is 51.6 Å². The molecule has 1 aliphatic heterocycles. The number of likely N-dealkylation sites (tertiary alicyclic amines) is 1. The summed E-state index contributed by atoms with van der Waals surface area (Å²) in [5, 5.41) is 3.06. The van der Waals surface area contributed by atoms with E-state index in [1.165, 1.54) is 0 Å². The maximum absolute atomic E-state index is 12.3. The summed E-state index contributed by atoms with van der Waals surface area (Å²) in [6, 6.07) is 3.77. The number of nitrogens with one attached hydrogen (secondary N) is 1. The third-order valence-corrected chi connectivity index (χ3v) is 3.74. The molecule has 0 bridgehead atoms. The minimum atomic E-state index is -0.103. The molecule has 5 nitrogen and oxygen atoms in total. The van der Waals surface area contributed by atoms with Crippen molar-refractivity contribution in [1.29, 1.82) is 0 Å². The molecule has 22 heavy (non-hydrogen) atoms. The van der Waals surface area contributed by atoms with Gasteiger partial charge < -0.3 is 10.2 Å². The molecular formula is C17H25N3O2. The van der Waals surface area contributed by atoms with Gasteiger partial charge in [0.1, 0.15) is 0 Å². The Bertz CT molecular complexity index is 522. The molecule has 1 atom stereocenters. The van der Waals surface area contributed by atoms with E-state index in [-0.39, 0.29) is 29.8 Å². The first-order chi connectivity index (χ1) is 10.3. The van der Waals surface area contributed by atoms with Gasteiger partial charge in [0.25, 0.3) is 0 Å². The van der Waals surface area contributed by atoms with Crippen LogP contribution in [0.4, 0.5) is 0 Å². The minimum Gasteiger partial charge on any atom is -0.348 e. The lowest BCUT2D eigenvalue weighted by Crippen LogP contribution is -2.40. The zero-order valence-electron chi connectivity index (χ0n) is 13.6. The topological polar surface area (TPSA) is 62.3 Å². The zero-order valence-corrected chi connectivity index (χ0v) is 13.6. The molecule has 2 heterocycles. The van der Waals surface area contributed by atoms with Gasteiger partial charge in [-0.1, -0.05) is 26.8 Å². The molecule has 1 aromatic heterocycles. The first kappa shape index (κ1) is 16.5. The summed E-state index contributed by atoms with van der Waals surface area (Å²) in [4.78, 5) is 29.7. The molecule has 120 valence electrons.